The zero-order valence-corrected chi connectivity index (χ0v) is 70.4. The van der Waals surface area contributed by atoms with E-state index in [1.807, 2.05) is 0 Å². The van der Waals surface area contributed by atoms with Gasteiger partial charge in [0, 0.05) is 116 Å². The Labute approximate surface area is 732 Å². The number of benzene rings is 6. The lowest BCUT2D eigenvalue weighted by molar-refractivity contribution is -0.387. The van der Waals surface area contributed by atoms with Crippen LogP contribution in [-0.2, 0) is 113 Å². The van der Waals surface area contributed by atoms with Crippen molar-refractivity contribution in [2.75, 3.05) is 26.9 Å². The Kier molecular flexibility index (Phi) is 27.5. The molecule has 0 saturated carbocycles. The summed E-state index contributed by atoms with van der Waals surface area (Å²) < 4.78 is 75.7. The zero-order valence-electron chi connectivity index (χ0n) is 70.4. The fraction of sp³-hybridized carbons (Fsp3) is 0.438. The summed E-state index contributed by atoms with van der Waals surface area (Å²) in [5, 5.41) is 133. The van der Waals surface area contributed by atoms with Crippen molar-refractivity contribution in [3.63, 3.8) is 0 Å². The number of esters is 4. The first-order valence-electron chi connectivity index (χ1n) is 40.7. The Balaban J connectivity index is 0.750. The number of nitro benzene ring substituents is 1. The molecule has 40 heteroatoms. The highest BCUT2D eigenvalue weighted by Crippen LogP contribution is 2.55. The maximum absolute atomic E-state index is 14.4. The van der Waals surface area contributed by atoms with E-state index < -0.39 is 331 Å². The number of aliphatic hydroxyl groups is 6. The normalized spacial score (nSPS) is 26.2. The van der Waals surface area contributed by atoms with Crippen molar-refractivity contribution < 1.29 is 175 Å². The van der Waals surface area contributed by atoms with Crippen LogP contribution >= 0.6 is 0 Å². The number of amides is 2. The van der Waals surface area contributed by atoms with Crippen LogP contribution in [-0.4, -0.2) is 239 Å². The molecular formula is C89H91N3O37. The van der Waals surface area contributed by atoms with Crippen LogP contribution in [0.25, 0.3) is 0 Å². The molecule has 129 heavy (non-hydrogen) atoms. The van der Waals surface area contributed by atoms with Gasteiger partial charge >= 0.3 is 41.8 Å². The van der Waals surface area contributed by atoms with Gasteiger partial charge in [-0.05, 0) is 61.2 Å². The molecule has 0 spiro atoms. The average Bonchev–Trinajstić information content (AvgIpc) is 0.713. The van der Waals surface area contributed by atoms with Gasteiger partial charge in [-0.2, -0.15) is 0 Å². The van der Waals surface area contributed by atoms with E-state index in [-0.39, 0.29) is 66.9 Å². The Morgan fingerprint density at radius 1 is 0.612 bits per heavy atom. The molecule has 0 aromatic heterocycles. The standard InChI is InChI=1S/C89H91N3O37/c1-10-13-54(45-20-21-55(53(23-45)92(115)116)128-85-84(124-42(8)97)37(3)83(123-41(7)96)59(129-85)35-118-40(6)95)125-62(100)24-44-19-18-43(33-119-86(111)90-51-25-63(121-38(4)73(51)101)126-57-29-88(113,60(98)31-93)27-49-67(57)81(109)71-69(77(49)105)75(103)47-15-11-14-36(2)65(47)79(71)107)22-46(44)34-120-87(112)91-52-26-64(122-39(5)74(52)102)127-58-30-89(114,61(99)32-94)28-50-68(58)82(110)72-70(78(50)106)76(104)48-16-12-17-56(117-9)66(48)80(72)108/h1,11-12,14-23,37-39,51-52,54,57-59,63-64,73-74,83-85,93-94,101-102,105-106,109-110,113-114H,13,24-35H2,2-9H3,(H,90,111)(H,91,112)/t37-,38?,39?,51?,52?,54?,57-,58-,59?,63?,64?,73?,74?,83+,84?,85+,88-,89-/m0/s1. The summed E-state index contributed by atoms with van der Waals surface area (Å²) in [6, 6.07) is 13.2. The number of methoxy groups -OCH3 is 1. The van der Waals surface area contributed by atoms with Crippen LogP contribution in [0.5, 0.6) is 34.5 Å². The number of ketones is 6. The van der Waals surface area contributed by atoms with Crippen molar-refractivity contribution in [3.8, 4) is 46.8 Å². The predicted octanol–water partition coefficient (Wildman–Crippen LogP) is 4.48. The highest BCUT2D eigenvalue weighted by molar-refractivity contribution is 6.32. The first-order valence-corrected chi connectivity index (χ1v) is 40.7. The largest absolute Gasteiger partial charge is 0.507 e. The van der Waals surface area contributed by atoms with E-state index in [1.54, 1.807) is 13.0 Å². The van der Waals surface area contributed by atoms with Gasteiger partial charge in [-0.3, -0.25) is 58.1 Å². The SMILES string of the molecule is C#CCC(OC(=O)Cc1ccc(COC(=O)NC2CC(O[C@H]3C[C@](O)(C(=O)CO)Cc4c(O)c5c(c(O)c43)C(=O)c3c(C)cccc3C5=O)OC(C)C2O)cc1COC(=O)NC1CC(O[C@H]2C[C@](O)(C(=O)CO)Cc3c(O)c4c(c(O)c32)C(=O)c2c(OC)cccc2C4=O)OC(C)C1O)c1ccc(O[C@@H]2OC(COC(C)=O)[C@H](OC(C)=O)[C@H](C)C2OC(C)=O)c([N+](=O)[O-])c1. The number of nitrogens with one attached hydrogen (secondary N) is 2. The molecule has 12 N–H and O–H groups in total. The number of alkyl carbamates (subject to hydrolysis) is 2. The Morgan fingerprint density at radius 2 is 1.12 bits per heavy atom. The first kappa shape index (κ1) is 93.7. The fourth-order valence-electron chi connectivity index (χ4n) is 17.6. The third-order valence-corrected chi connectivity index (χ3v) is 23.9. The van der Waals surface area contributed by atoms with Crippen LogP contribution in [0, 0.1) is 35.3 Å². The number of ether oxygens (including phenoxy) is 13. The molecule has 3 saturated heterocycles. The topological polar surface area (TPSA) is 594 Å². The number of nitro groups is 1. The summed E-state index contributed by atoms with van der Waals surface area (Å²) in [6.45, 7) is 4.73. The van der Waals surface area contributed by atoms with Crippen molar-refractivity contribution in [2.45, 2.75) is 216 Å². The number of fused-ring (bicyclic) bond motifs is 6. The zero-order chi connectivity index (χ0) is 93.6. The second kappa shape index (κ2) is 37.8. The van der Waals surface area contributed by atoms with Gasteiger partial charge in [0.15, 0.2) is 53.3 Å². The van der Waals surface area contributed by atoms with Crippen LogP contribution in [0.15, 0.2) is 72.8 Å². The number of hydrogen-bond acceptors (Lipinski definition) is 37. The van der Waals surface area contributed by atoms with Gasteiger partial charge in [0.05, 0.1) is 89.2 Å². The molecular weight excluding hydrogens is 1700 g/mol. The van der Waals surface area contributed by atoms with Crippen LogP contribution in [0.1, 0.15) is 206 Å². The minimum absolute atomic E-state index is 0.00790. The van der Waals surface area contributed by atoms with E-state index in [1.165, 1.54) is 82.5 Å². The molecule has 0 radical (unpaired) electrons. The van der Waals surface area contributed by atoms with Crippen LogP contribution in [0.4, 0.5) is 15.3 Å². The molecule has 0 bridgehead atoms. The molecule has 6 aromatic carbocycles. The van der Waals surface area contributed by atoms with E-state index in [9.17, 15) is 119 Å². The van der Waals surface area contributed by atoms with Crippen molar-refractivity contribution in [3.05, 3.63) is 177 Å². The van der Waals surface area contributed by atoms with Gasteiger partial charge < -0.3 is 123 Å². The van der Waals surface area contributed by atoms with Gasteiger partial charge in [0.25, 0.3) is 0 Å². The summed E-state index contributed by atoms with van der Waals surface area (Å²) >= 11 is 0. The molecule has 7 aliphatic rings. The first-order chi connectivity index (χ1) is 61.1. The maximum Gasteiger partial charge on any atom is 0.407 e. The third-order valence-electron chi connectivity index (χ3n) is 23.9. The molecule has 18 atom stereocenters. The summed E-state index contributed by atoms with van der Waals surface area (Å²) in [5.41, 5.74) is -10.0. The number of Topliss-reactive ketones (excluding diaryl/α,β-unsaturated/α-hetero) is 2. The lowest BCUT2D eigenvalue weighted by Crippen LogP contribution is -2.58. The summed E-state index contributed by atoms with van der Waals surface area (Å²) in [5.74, 6) is -12.0. The number of aryl methyl sites for hydroxylation is 1. The number of phenols is 4. The van der Waals surface area contributed by atoms with Crippen molar-refractivity contribution >= 4 is 76.5 Å². The molecule has 6 aromatic rings. The minimum Gasteiger partial charge on any atom is -0.507 e. The smallest absolute Gasteiger partial charge is 0.407 e. The van der Waals surface area contributed by atoms with Gasteiger partial charge in [-0.15, -0.1) is 12.3 Å². The number of terminal acetylenes is 1. The third kappa shape index (κ3) is 18.6. The second-order valence-corrected chi connectivity index (χ2v) is 32.4. The predicted molar refractivity (Wildman–Crippen MR) is 432 cm³/mol. The highest BCUT2D eigenvalue weighted by Gasteiger charge is 2.55. The van der Waals surface area contributed by atoms with Gasteiger partial charge in [0.2, 0.25) is 12.1 Å². The van der Waals surface area contributed by atoms with Gasteiger partial charge in [0.1, 0.15) is 104 Å². The van der Waals surface area contributed by atoms with Crippen molar-refractivity contribution in [2.24, 2.45) is 5.92 Å². The van der Waals surface area contributed by atoms with Crippen LogP contribution in [0.3, 0.4) is 0 Å². The van der Waals surface area contributed by atoms with E-state index >= 15 is 0 Å². The number of phenolic OH excluding ortho intramolecular Hbond substituents is 4. The Morgan fingerprint density at radius 3 is 1.64 bits per heavy atom. The van der Waals surface area contributed by atoms with Gasteiger partial charge in [-0.1, -0.05) is 55.5 Å². The average molecular weight is 1790 g/mol. The highest BCUT2D eigenvalue weighted by atomic mass is 16.7. The molecule has 684 valence electrons. The molecule has 3 heterocycles. The van der Waals surface area contributed by atoms with E-state index in [4.69, 9.17) is 68.0 Å². The Hall–Kier alpha value is -12.9. The van der Waals surface area contributed by atoms with Crippen molar-refractivity contribution in [1.29, 1.82) is 0 Å². The van der Waals surface area contributed by atoms with E-state index in [0.29, 0.717) is 5.56 Å². The Bertz CT molecular complexity index is 5640. The number of carbonyl (C=O) groups excluding carboxylic acids is 12. The number of hydrogen-bond donors (Lipinski definition) is 12. The molecule has 3 aliphatic heterocycles. The minimum atomic E-state index is -2.57. The number of carbonyl (C=O) groups is 12. The number of aliphatic hydroxyl groups excluding tert-OH is 4. The molecule has 3 fully saturated rings. The lowest BCUT2D eigenvalue weighted by atomic mass is 9.71. The van der Waals surface area contributed by atoms with Crippen molar-refractivity contribution in [1.82, 2.24) is 10.6 Å². The monoisotopic (exact) mass is 1790 g/mol. The molecule has 4 aliphatic carbocycles. The fourth-order valence-corrected chi connectivity index (χ4v) is 17.6. The van der Waals surface area contributed by atoms with Crippen LogP contribution < -0.4 is 20.1 Å². The quantitative estimate of drug-likeness (QED) is 0.00843. The van der Waals surface area contributed by atoms with Gasteiger partial charge in [-0.25, -0.2) is 9.59 Å². The lowest BCUT2D eigenvalue weighted by Gasteiger charge is -2.43. The van der Waals surface area contributed by atoms with E-state index in [0.717, 1.165) is 32.9 Å². The molecule has 13 rings (SSSR count). The maximum atomic E-state index is 14.4. The molecule has 40 nitrogen and oxygen atoms in total. The number of rotatable bonds is 27. The summed E-state index contributed by atoms with van der Waals surface area (Å²) in [6.07, 6.45) is -20.9. The summed E-state index contributed by atoms with van der Waals surface area (Å²) in [7, 11) is 1.23. The molecule has 2 amide bonds. The molecule has 11 unspecified atom stereocenters. The van der Waals surface area contributed by atoms with Crippen LogP contribution in [0.2, 0.25) is 0 Å². The number of aromatic hydroxyl groups is 4. The summed E-state index contributed by atoms with van der Waals surface area (Å²) in [4.78, 5) is 175. The number of nitrogens with zero attached hydrogens (tertiary/aromatic N) is 1. The van der Waals surface area contributed by atoms with E-state index in [2.05, 4.69) is 16.6 Å². The second-order valence-electron chi connectivity index (χ2n) is 32.4.